The van der Waals surface area contributed by atoms with Gasteiger partial charge in [0.2, 0.25) is 0 Å². The molecule has 0 bridgehead atoms. The number of likely N-dealkylation sites (tertiary alicyclic amines) is 1. The van der Waals surface area contributed by atoms with E-state index in [-0.39, 0.29) is 17.3 Å². The lowest BCUT2D eigenvalue weighted by Gasteiger charge is -2.21. The quantitative estimate of drug-likeness (QED) is 0.503. The van der Waals surface area contributed by atoms with E-state index >= 15 is 0 Å². The SMILES string of the molecule is CC1CCCN1C(=O)c1cc(N)c(F)cc1[N+](=O)[O-]. The number of rotatable bonds is 2. The zero-order valence-electron chi connectivity index (χ0n) is 10.4. The first-order valence-electron chi connectivity index (χ1n) is 5.96. The van der Waals surface area contributed by atoms with Gasteiger partial charge in [-0.05, 0) is 25.8 Å². The predicted molar refractivity (Wildman–Crippen MR) is 67.2 cm³/mol. The normalized spacial score (nSPS) is 18.6. The first-order valence-corrected chi connectivity index (χ1v) is 5.96. The molecule has 6 nitrogen and oxygen atoms in total. The summed E-state index contributed by atoms with van der Waals surface area (Å²) in [6.07, 6.45) is 1.72. The van der Waals surface area contributed by atoms with Crippen molar-refractivity contribution in [1.82, 2.24) is 4.90 Å². The van der Waals surface area contributed by atoms with Gasteiger partial charge in [0.15, 0.2) is 5.82 Å². The molecule has 1 amide bonds. The van der Waals surface area contributed by atoms with Gasteiger partial charge in [0, 0.05) is 12.6 Å². The van der Waals surface area contributed by atoms with Crippen LogP contribution < -0.4 is 5.73 Å². The number of amides is 1. The van der Waals surface area contributed by atoms with E-state index in [1.807, 2.05) is 6.92 Å². The van der Waals surface area contributed by atoms with Gasteiger partial charge in [0.1, 0.15) is 5.56 Å². The number of carbonyl (C=O) groups is 1. The number of benzene rings is 1. The molecule has 0 radical (unpaired) electrons. The monoisotopic (exact) mass is 267 g/mol. The summed E-state index contributed by atoms with van der Waals surface area (Å²) in [5, 5.41) is 10.9. The van der Waals surface area contributed by atoms with Gasteiger partial charge in [0.25, 0.3) is 11.6 Å². The Balaban J connectivity index is 2.46. The van der Waals surface area contributed by atoms with Crippen LogP contribution in [0.5, 0.6) is 0 Å². The Kier molecular flexibility index (Phi) is 3.37. The van der Waals surface area contributed by atoms with Crippen LogP contribution in [0.3, 0.4) is 0 Å². The minimum atomic E-state index is -0.891. The molecule has 1 aromatic carbocycles. The number of carbonyl (C=O) groups excluding carboxylic acids is 1. The van der Waals surface area contributed by atoms with Crippen LogP contribution in [0.25, 0.3) is 0 Å². The second kappa shape index (κ2) is 4.83. The highest BCUT2D eigenvalue weighted by molar-refractivity contribution is 5.99. The molecule has 1 unspecified atom stereocenters. The van der Waals surface area contributed by atoms with Gasteiger partial charge < -0.3 is 10.6 Å². The summed E-state index contributed by atoms with van der Waals surface area (Å²) >= 11 is 0. The summed E-state index contributed by atoms with van der Waals surface area (Å²) in [6.45, 7) is 2.43. The molecule has 1 aliphatic rings. The number of nitro groups is 1. The summed E-state index contributed by atoms with van der Waals surface area (Å²) in [5.41, 5.74) is 4.43. The third-order valence-corrected chi connectivity index (χ3v) is 3.36. The van der Waals surface area contributed by atoms with Crippen molar-refractivity contribution in [1.29, 1.82) is 0 Å². The number of nitro benzene ring substituents is 1. The fourth-order valence-corrected chi connectivity index (χ4v) is 2.29. The molecular weight excluding hydrogens is 253 g/mol. The summed E-state index contributed by atoms with van der Waals surface area (Å²) in [7, 11) is 0. The minimum Gasteiger partial charge on any atom is -0.396 e. The minimum absolute atomic E-state index is 0.0263. The molecule has 1 saturated heterocycles. The predicted octanol–water partition coefficient (Wildman–Crippen LogP) is 1.94. The van der Waals surface area contributed by atoms with Crippen molar-refractivity contribution in [3.05, 3.63) is 33.6 Å². The number of hydrogen-bond donors (Lipinski definition) is 1. The van der Waals surface area contributed by atoms with Gasteiger partial charge in [-0.15, -0.1) is 0 Å². The number of hydrogen-bond acceptors (Lipinski definition) is 4. The molecule has 1 atom stereocenters. The van der Waals surface area contributed by atoms with E-state index in [1.54, 1.807) is 4.90 Å². The van der Waals surface area contributed by atoms with Crippen molar-refractivity contribution in [2.75, 3.05) is 12.3 Å². The van der Waals surface area contributed by atoms with E-state index in [2.05, 4.69) is 0 Å². The van der Waals surface area contributed by atoms with Crippen molar-refractivity contribution in [2.45, 2.75) is 25.8 Å². The number of nitrogens with two attached hydrogens (primary N) is 1. The highest BCUT2D eigenvalue weighted by Gasteiger charge is 2.31. The van der Waals surface area contributed by atoms with Gasteiger partial charge >= 0.3 is 0 Å². The Bertz CT molecular complexity index is 547. The highest BCUT2D eigenvalue weighted by atomic mass is 19.1. The largest absolute Gasteiger partial charge is 0.396 e. The lowest BCUT2D eigenvalue weighted by Crippen LogP contribution is -2.34. The Morgan fingerprint density at radius 2 is 2.26 bits per heavy atom. The maximum Gasteiger partial charge on any atom is 0.285 e. The summed E-state index contributed by atoms with van der Waals surface area (Å²) in [5.74, 6) is -1.36. The average molecular weight is 267 g/mol. The fraction of sp³-hybridized carbons (Fsp3) is 0.417. The Hall–Kier alpha value is -2.18. The second-order valence-electron chi connectivity index (χ2n) is 4.64. The average Bonchev–Trinajstić information content (AvgIpc) is 2.77. The van der Waals surface area contributed by atoms with Crippen molar-refractivity contribution >= 4 is 17.3 Å². The molecule has 1 fully saturated rings. The molecule has 0 aliphatic carbocycles. The van der Waals surface area contributed by atoms with Gasteiger partial charge in [-0.25, -0.2) is 4.39 Å². The molecule has 0 aromatic heterocycles. The Morgan fingerprint density at radius 3 is 2.79 bits per heavy atom. The van der Waals surface area contributed by atoms with E-state index in [9.17, 15) is 19.3 Å². The van der Waals surface area contributed by atoms with Crippen LogP contribution in [-0.4, -0.2) is 28.3 Å². The van der Waals surface area contributed by atoms with Crippen molar-refractivity contribution in [3.8, 4) is 0 Å². The number of nitrogen functional groups attached to an aromatic ring is 1. The summed E-state index contributed by atoms with van der Waals surface area (Å²) < 4.78 is 13.3. The van der Waals surface area contributed by atoms with Crippen LogP contribution >= 0.6 is 0 Å². The first-order chi connectivity index (χ1) is 8.91. The molecular formula is C12H14FN3O3. The first kappa shape index (κ1) is 13.3. The smallest absolute Gasteiger partial charge is 0.285 e. The van der Waals surface area contributed by atoms with Crippen LogP contribution in [0.4, 0.5) is 15.8 Å². The van der Waals surface area contributed by atoms with Gasteiger partial charge in [-0.2, -0.15) is 0 Å². The van der Waals surface area contributed by atoms with E-state index in [0.717, 1.165) is 18.9 Å². The van der Waals surface area contributed by atoms with E-state index < -0.39 is 22.3 Å². The number of halogens is 1. The molecule has 102 valence electrons. The lowest BCUT2D eigenvalue weighted by atomic mass is 10.1. The molecule has 7 heteroatoms. The van der Waals surface area contributed by atoms with Gasteiger partial charge in [-0.3, -0.25) is 14.9 Å². The van der Waals surface area contributed by atoms with Crippen LogP contribution in [0, 0.1) is 15.9 Å². The maximum atomic E-state index is 13.3. The molecule has 1 aliphatic heterocycles. The standard InChI is InChI=1S/C12H14FN3O3/c1-7-3-2-4-15(7)12(17)8-5-10(14)9(13)6-11(8)16(18)19/h5-7H,2-4,14H2,1H3. The van der Waals surface area contributed by atoms with Crippen molar-refractivity contribution in [2.24, 2.45) is 0 Å². The number of anilines is 1. The van der Waals surface area contributed by atoms with Crippen LogP contribution in [0.2, 0.25) is 0 Å². The molecule has 1 aromatic rings. The van der Waals surface area contributed by atoms with Crippen LogP contribution in [-0.2, 0) is 0 Å². The molecule has 2 rings (SSSR count). The molecule has 19 heavy (non-hydrogen) atoms. The zero-order chi connectivity index (χ0) is 14.2. The zero-order valence-corrected chi connectivity index (χ0v) is 10.4. The topological polar surface area (TPSA) is 89.5 Å². The van der Waals surface area contributed by atoms with Crippen LogP contribution in [0.15, 0.2) is 12.1 Å². The molecule has 0 spiro atoms. The van der Waals surface area contributed by atoms with Gasteiger partial charge in [-0.1, -0.05) is 0 Å². The van der Waals surface area contributed by atoms with Crippen LogP contribution in [0.1, 0.15) is 30.1 Å². The fourth-order valence-electron chi connectivity index (χ4n) is 2.29. The third kappa shape index (κ3) is 2.35. The van der Waals surface area contributed by atoms with E-state index in [1.165, 1.54) is 0 Å². The highest BCUT2D eigenvalue weighted by Crippen LogP contribution is 2.28. The maximum absolute atomic E-state index is 13.3. The summed E-state index contributed by atoms with van der Waals surface area (Å²) in [6, 6.07) is 1.77. The lowest BCUT2D eigenvalue weighted by molar-refractivity contribution is -0.385. The molecule has 0 saturated carbocycles. The van der Waals surface area contributed by atoms with E-state index in [4.69, 9.17) is 5.73 Å². The Morgan fingerprint density at radius 1 is 1.58 bits per heavy atom. The van der Waals surface area contributed by atoms with Crippen molar-refractivity contribution in [3.63, 3.8) is 0 Å². The van der Waals surface area contributed by atoms with Gasteiger partial charge in [0.05, 0.1) is 16.7 Å². The molecule has 1 heterocycles. The summed E-state index contributed by atoms with van der Waals surface area (Å²) in [4.78, 5) is 24.0. The number of nitrogens with zero attached hydrogens (tertiary/aromatic N) is 2. The van der Waals surface area contributed by atoms with Crippen molar-refractivity contribution < 1.29 is 14.1 Å². The van der Waals surface area contributed by atoms with E-state index in [0.29, 0.717) is 12.6 Å². The Labute approximate surface area is 109 Å². The second-order valence-corrected chi connectivity index (χ2v) is 4.64. The third-order valence-electron chi connectivity index (χ3n) is 3.36. The molecule has 2 N–H and O–H groups in total.